The summed E-state index contributed by atoms with van der Waals surface area (Å²) in [6, 6.07) is 0. The maximum Gasteiger partial charge on any atom is 0.236 e. The zero-order valence-electron chi connectivity index (χ0n) is 13.4. The number of anilines is 1. The van der Waals surface area contributed by atoms with E-state index in [1.54, 1.807) is 0 Å². The molecule has 0 aromatic carbocycles. The van der Waals surface area contributed by atoms with E-state index in [0.29, 0.717) is 13.1 Å². The number of primary amides is 1. The first-order chi connectivity index (χ1) is 9.15. The minimum Gasteiger partial charge on any atom is -0.368 e. The van der Waals surface area contributed by atoms with Crippen LogP contribution in [0.3, 0.4) is 0 Å². The van der Waals surface area contributed by atoms with Crippen LogP contribution in [0.15, 0.2) is 0 Å². The second-order valence-electron chi connectivity index (χ2n) is 6.10. The van der Waals surface area contributed by atoms with Gasteiger partial charge in [0.2, 0.25) is 5.91 Å². The highest BCUT2D eigenvalue weighted by atomic mass is 16.1. The first-order valence-electron chi connectivity index (χ1n) is 6.96. The smallest absolute Gasteiger partial charge is 0.236 e. The second kappa shape index (κ2) is 6.26. The lowest BCUT2D eigenvalue weighted by molar-refractivity contribution is -0.116. The number of aromatic nitrogens is 2. The Kier molecular flexibility index (Phi) is 5.16. The quantitative estimate of drug-likeness (QED) is 0.813. The molecule has 0 saturated carbocycles. The molecular weight excluding hydrogens is 254 g/mol. The number of nitrogens with zero attached hydrogens (tertiary/aromatic N) is 3. The van der Waals surface area contributed by atoms with Gasteiger partial charge in [0.15, 0.2) is 0 Å². The molecular formula is C14H27N5O. The summed E-state index contributed by atoms with van der Waals surface area (Å²) in [5.41, 5.74) is 7.45. The van der Waals surface area contributed by atoms with Crippen molar-refractivity contribution in [3.8, 4) is 0 Å². The van der Waals surface area contributed by atoms with Crippen molar-refractivity contribution >= 4 is 11.7 Å². The highest BCUT2D eigenvalue weighted by Crippen LogP contribution is 2.23. The van der Waals surface area contributed by atoms with E-state index in [1.165, 1.54) is 0 Å². The first-order valence-corrected chi connectivity index (χ1v) is 6.96. The number of amides is 1. The minimum atomic E-state index is -0.333. The minimum absolute atomic E-state index is 0.0281. The lowest BCUT2D eigenvalue weighted by Gasteiger charge is -2.25. The first kappa shape index (κ1) is 16.5. The number of aryl methyl sites for hydroxylation is 2. The van der Waals surface area contributed by atoms with Gasteiger partial charge in [-0.2, -0.15) is 5.10 Å². The Bertz CT molecular complexity index is 473. The molecule has 0 atom stereocenters. The molecule has 0 aliphatic carbocycles. The zero-order valence-corrected chi connectivity index (χ0v) is 13.4. The van der Waals surface area contributed by atoms with Crippen molar-refractivity contribution in [3.05, 3.63) is 11.3 Å². The number of nitrogens with two attached hydrogens (primary N) is 1. The van der Waals surface area contributed by atoms with Crippen LogP contribution >= 0.6 is 0 Å². The highest BCUT2D eigenvalue weighted by molar-refractivity contribution is 5.79. The van der Waals surface area contributed by atoms with E-state index in [0.717, 1.165) is 17.1 Å². The Labute approximate surface area is 121 Å². The van der Waals surface area contributed by atoms with Gasteiger partial charge in [0, 0.05) is 31.2 Å². The van der Waals surface area contributed by atoms with Crippen molar-refractivity contribution in [2.75, 3.05) is 18.0 Å². The van der Waals surface area contributed by atoms with Crippen molar-refractivity contribution < 1.29 is 4.79 Å². The molecule has 1 amide bonds. The van der Waals surface area contributed by atoms with Crippen LogP contribution in [0.2, 0.25) is 0 Å². The summed E-state index contributed by atoms with van der Waals surface area (Å²) in [4.78, 5) is 13.2. The number of hydrogen-bond donors (Lipinski definition) is 2. The standard InChI is InChI=1S/C14H27N5O/c1-7-19(9-12(15)20)13-11(8-16-14(3,4)5)10(2)17-18(13)6/h16H,7-9H2,1-6H3,(H2,15,20). The molecule has 1 aromatic rings. The summed E-state index contributed by atoms with van der Waals surface area (Å²) in [5.74, 6) is 0.626. The Balaban J connectivity index is 3.07. The number of hydrogen-bond acceptors (Lipinski definition) is 4. The van der Waals surface area contributed by atoms with Crippen LogP contribution in [0.1, 0.15) is 39.0 Å². The maximum absolute atomic E-state index is 11.2. The summed E-state index contributed by atoms with van der Waals surface area (Å²) in [5, 5.41) is 7.94. The molecule has 1 aromatic heterocycles. The van der Waals surface area contributed by atoms with E-state index in [4.69, 9.17) is 5.73 Å². The average Bonchev–Trinajstić information content (AvgIpc) is 2.57. The van der Waals surface area contributed by atoms with Gasteiger partial charge in [0.1, 0.15) is 5.82 Å². The van der Waals surface area contributed by atoms with Crippen LogP contribution in [-0.4, -0.2) is 34.3 Å². The van der Waals surface area contributed by atoms with Crippen molar-refractivity contribution in [3.63, 3.8) is 0 Å². The van der Waals surface area contributed by atoms with E-state index in [2.05, 4.69) is 31.2 Å². The molecule has 6 nitrogen and oxygen atoms in total. The van der Waals surface area contributed by atoms with Crippen LogP contribution in [0.25, 0.3) is 0 Å². The van der Waals surface area contributed by atoms with Crippen molar-refractivity contribution in [2.45, 2.75) is 46.7 Å². The summed E-state index contributed by atoms with van der Waals surface area (Å²) < 4.78 is 1.82. The van der Waals surface area contributed by atoms with Crippen LogP contribution in [0.4, 0.5) is 5.82 Å². The summed E-state index contributed by atoms with van der Waals surface area (Å²) in [6.45, 7) is 12.0. The van der Waals surface area contributed by atoms with E-state index in [1.807, 2.05) is 30.5 Å². The van der Waals surface area contributed by atoms with Gasteiger partial charge in [-0.25, -0.2) is 0 Å². The molecule has 0 fully saturated rings. The molecule has 0 saturated heterocycles. The highest BCUT2D eigenvalue weighted by Gasteiger charge is 2.21. The van der Waals surface area contributed by atoms with Gasteiger partial charge in [0.25, 0.3) is 0 Å². The normalized spacial score (nSPS) is 11.7. The molecule has 3 N–H and O–H groups in total. The van der Waals surface area contributed by atoms with E-state index in [-0.39, 0.29) is 18.0 Å². The molecule has 1 heterocycles. The van der Waals surface area contributed by atoms with Crippen LogP contribution in [-0.2, 0) is 18.4 Å². The van der Waals surface area contributed by atoms with Crippen LogP contribution < -0.4 is 16.0 Å². The Morgan fingerprint density at radius 3 is 2.50 bits per heavy atom. The van der Waals surface area contributed by atoms with E-state index < -0.39 is 0 Å². The number of likely N-dealkylation sites (N-methyl/N-ethyl adjacent to an activating group) is 1. The lowest BCUT2D eigenvalue weighted by Crippen LogP contribution is -2.38. The van der Waals surface area contributed by atoms with Crippen LogP contribution in [0, 0.1) is 6.92 Å². The SMILES string of the molecule is CCN(CC(N)=O)c1c(CNC(C)(C)C)c(C)nn1C. The van der Waals surface area contributed by atoms with Gasteiger partial charge in [-0.1, -0.05) is 0 Å². The van der Waals surface area contributed by atoms with E-state index in [9.17, 15) is 4.79 Å². The zero-order chi connectivity index (χ0) is 15.5. The second-order valence-corrected chi connectivity index (χ2v) is 6.10. The molecule has 0 spiro atoms. The summed E-state index contributed by atoms with van der Waals surface area (Å²) >= 11 is 0. The van der Waals surface area contributed by atoms with Gasteiger partial charge < -0.3 is 16.0 Å². The van der Waals surface area contributed by atoms with Crippen LogP contribution in [0.5, 0.6) is 0 Å². The van der Waals surface area contributed by atoms with Crippen molar-refractivity contribution in [1.29, 1.82) is 0 Å². The Hall–Kier alpha value is -1.56. The average molecular weight is 281 g/mol. The number of carbonyl (C=O) groups excluding carboxylic acids is 1. The Morgan fingerprint density at radius 1 is 1.45 bits per heavy atom. The fourth-order valence-corrected chi connectivity index (χ4v) is 2.17. The predicted molar refractivity (Wildman–Crippen MR) is 81.6 cm³/mol. The van der Waals surface area contributed by atoms with E-state index >= 15 is 0 Å². The number of nitrogens with one attached hydrogen (secondary N) is 1. The fraction of sp³-hybridized carbons (Fsp3) is 0.714. The molecule has 6 heteroatoms. The maximum atomic E-state index is 11.2. The topological polar surface area (TPSA) is 76.2 Å². The van der Waals surface area contributed by atoms with Gasteiger partial charge in [0.05, 0.1) is 12.2 Å². The monoisotopic (exact) mass is 281 g/mol. The van der Waals surface area contributed by atoms with Crippen molar-refractivity contribution in [2.24, 2.45) is 12.8 Å². The van der Waals surface area contributed by atoms with Gasteiger partial charge >= 0.3 is 0 Å². The lowest BCUT2D eigenvalue weighted by atomic mass is 10.1. The molecule has 1 rings (SSSR count). The molecule has 0 aliphatic rings. The van der Waals surface area contributed by atoms with Gasteiger partial charge in [-0.3, -0.25) is 9.48 Å². The largest absolute Gasteiger partial charge is 0.368 e. The number of rotatable bonds is 6. The molecule has 0 aliphatic heterocycles. The molecule has 0 unspecified atom stereocenters. The predicted octanol–water partition coefficient (Wildman–Crippen LogP) is 0.928. The summed E-state index contributed by atoms with van der Waals surface area (Å²) in [6.07, 6.45) is 0. The third-order valence-electron chi connectivity index (χ3n) is 3.14. The van der Waals surface area contributed by atoms with Crippen molar-refractivity contribution in [1.82, 2.24) is 15.1 Å². The molecule has 114 valence electrons. The third-order valence-corrected chi connectivity index (χ3v) is 3.14. The third kappa shape index (κ3) is 4.23. The Morgan fingerprint density at radius 2 is 2.05 bits per heavy atom. The molecule has 0 bridgehead atoms. The fourth-order valence-electron chi connectivity index (χ4n) is 2.17. The van der Waals surface area contributed by atoms with Gasteiger partial charge in [-0.15, -0.1) is 0 Å². The number of carbonyl (C=O) groups is 1. The summed E-state index contributed by atoms with van der Waals surface area (Å²) in [7, 11) is 1.90. The molecule has 20 heavy (non-hydrogen) atoms. The van der Waals surface area contributed by atoms with Gasteiger partial charge in [-0.05, 0) is 34.6 Å². The molecule has 0 radical (unpaired) electrons.